The molecule has 0 aromatic carbocycles. The van der Waals surface area contributed by atoms with Gasteiger partial charge >= 0.3 is 35.8 Å². The van der Waals surface area contributed by atoms with Crippen LogP contribution >= 0.6 is 0 Å². The predicted molar refractivity (Wildman–Crippen MR) is 286 cm³/mol. The third-order valence-corrected chi connectivity index (χ3v) is 12.5. The van der Waals surface area contributed by atoms with E-state index in [1.165, 1.54) is 66.1 Å². The number of aliphatic carboxylic acids is 4. The summed E-state index contributed by atoms with van der Waals surface area (Å²) in [5.74, 6) is -5.78. The summed E-state index contributed by atoms with van der Waals surface area (Å²) in [5.41, 5.74) is 0. The lowest BCUT2D eigenvalue weighted by molar-refractivity contribution is -0.160. The number of unbranched alkanes of at least 4 members (excludes halogenated alkanes) is 19. The van der Waals surface area contributed by atoms with Gasteiger partial charge in [0.25, 0.3) is 0 Å². The highest BCUT2D eigenvalue weighted by molar-refractivity contribution is 5.79. The van der Waals surface area contributed by atoms with Crippen LogP contribution in [0.25, 0.3) is 0 Å². The molecule has 0 saturated heterocycles. The highest BCUT2D eigenvalue weighted by atomic mass is 16.6. The van der Waals surface area contributed by atoms with Crippen LogP contribution in [0.4, 0.5) is 0 Å². The molecule has 0 spiro atoms. The number of hydrogen-bond donors (Lipinski definition) is 4. The molecule has 1 unspecified atom stereocenters. The lowest BCUT2D eigenvalue weighted by Crippen LogP contribution is -2.46. The van der Waals surface area contributed by atoms with E-state index in [1.807, 2.05) is 11.9 Å². The summed E-state index contributed by atoms with van der Waals surface area (Å²) < 4.78 is 11.6. The third-order valence-electron chi connectivity index (χ3n) is 12.5. The van der Waals surface area contributed by atoms with Crippen LogP contribution in [0.3, 0.4) is 0 Å². The highest BCUT2D eigenvalue weighted by Gasteiger charge is 2.22. The lowest BCUT2D eigenvalue weighted by atomic mass is 10.1. The van der Waals surface area contributed by atoms with Crippen molar-refractivity contribution in [2.75, 3.05) is 99.2 Å². The van der Waals surface area contributed by atoms with E-state index in [1.54, 1.807) is 7.05 Å². The number of allylic oxidation sites excluding steroid dienone is 4. The first-order chi connectivity index (χ1) is 35.1. The Hall–Kier alpha value is -4.39. The lowest BCUT2D eigenvalue weighted by Gasteiger charge is -2.28. The third kappa shape index (κ3) is 45.9. The molecule has 0 saturated carbocycles. The van der Waals surface area contributed by atoms with Gasteiger partial charge in [-0.2, -0.15) is 0 Å². The summed E-state index contributed by atoms with van der Waals surface area (Å²) in [6.45, 7) is 3.45. The summed E-state index contributed by atoms with van der Waals surface area (Å²) in [6, 6.07) is 0. The molecule has 0 aliphatic heterocycles. The van der Waals surface area contributed by atoms with Gasteiger partial charge < -0.3 is 39.7 Å². The minimum atomic E-state index is -1.24. The molecule has 4 N–H and O–H groups in total. The smallest absolute Gasteiger partial charge is 0.317 e. The summed E-state index contributed by atoms with van der Waals surface area (Å²) in [5, 5.41) is 37.3. The van der Waals surface area contributed by atoms with Crippen molar-refractivity contribution in [2.24, 2.45) is 0 Å². The zero-order chi connectivity index (χ0) is 54.3. The maximum atomic E-state index is 13.2. The molecule has 0 fully saturated rings. The molecule has 0 bridgehead atoms. The van der Waals surface area contributed by atoms with E-state index >= 15 is 0 Å². The predicted octanol–water partition coefficient (Wildman–Crippen LogP) is 8.37. The second-order valence-corrected chi connectivity index (χ2v) is 19.6. The number of carbonyl (C=O) groups excluding carboxylic acids is 3. The number of carboxylic acids is 4. The van der Waals surface area contributed by atoms with E-state index in [-0.39, 0.29) is 57.2 Å². The Labute approximate surface area is 438 Å². The maximum Gasteiger partial charge on any atom is 0.317 e. The molecule has 0 aromatic heterocycles. The molecular weight excluding hydrogens is 939 g/mol. The molecule has 422 valence electrons. The van der Waals surface area contributed by atoms with Crippen LogP contribution in [-0.4, -0.2) is 192 Å². The number of rotatable bonds is 52. The fourth-order valence-corrected chi connectivity index (χ4v) is 8.24. The average Bonchev–Trinajstić information content (AvgIpc) is 3.32. The second kappa shape index (κ2) is 47.3. The van der Waals surface area contributed by atoms with Gasteiger partial charge in [-0.15, -0.1) is 0 Å². The molecule has 73 heavy (non-hydrogen) atoms. The van der Waals surface area contributed by atoms with Gasteiger partial charge in [0.15, 0.2) is 0 Å². The first-order valence-electron chi connectivity index (χ1n) is 27.7. The van der Waals surface area contributed by atoms with Crippen molar-refractivity contribution in [3.63, 3.8) is 0 Å². The SMILES string of the molecule is CCCCCC/C=C/CCCCCCCC(=O)OCC(CN(C)CCCCN(C)C(=O)CN(CCN(CCN(CC(=O)O)CC(=O)O)CC(=O)O)CC(=O)O)OC(=O)CCCCCCC/C=C/CCCCCC. The van der Waals surface area contributed by atoms with Crippen LogP contribution < -0.4 is 0 Å². The van der Waals surface area contributed by atoms with E-state index in [4.69, 9.17) is 19.7 Å². The monoisotopic (exact) mass is 1040 g/mol. The van der Waals surface area contributed by atoms with Crippen LogP contribution in [-0.2, 0) is 43.0 Å². The van der Waals surface area contributed by atoms with Gasteiger partial charge in [0, 0.05) is 59.2 Å². The second-order valence-electron chi connectivity index (χ2n) is 19.6. The molecule has 1 atom stereocenters. The Morgan fingerprint density at radius 3 is 1.25 bits per heavy atom. The molecule has 18 nitrogen and oxygen atoms in total. The number of carboxylic acid groups (broad SMARTS) is 4. The number of hydrogen-bond acceptors (Lipinski definition) is 13. The van der Waals surface area contributed by atoms with E-state index in [9.17, 15) is 43.8 Å². The molecule has 1 amide bonds. The Bertz CT molecular complexity index is 1530. The highest BCUT2D eigenvalue weighted by Crippen LogP contribution is 2.13. The summed E-state index contributed by atoms with van der Waals surface area (Å²) in [4.78, 5) is 92.2. The topological polar surface area (TPSA) is 235 Å². The van der Waals surface area contributed by atoms with Crippen molar-refractivity contribution in [2.45, 2.75) is 187 Å². The Morgan fingerprint density at radius 2 is 0.795 bits per heavy atom. The number of esters is 2. The molecule has 0 aliphatic rings. The first kappa shape index (κ1) is 68.6. The number of carbonyl (C=O) groups is 7. The minimum absolute atomic E-state index is 0.000447. The van der Waals surface area contributed by atoms with Gasteiger partial charge in [-0.1, -0.05) is 115 Å². The van der Waals surface area contributed by atoms with Gasteiger partial charge in [0.2, 0.25) is 5.91 Å². The Balaban J connectivity index is 5.13. The first-order valence-corrected chi connectivity index (χ1v) is 27.7. The maximum absolute atomic E-state index is 13.2. The standard InChI is InChI=1S/C55H99N5O13/c1-5-7-9-11-13-15-17-19-21-23-25-27-29-33-54(70)72-47-48(73-55(71)34-30-28-26-24-22-20-18-16-14-12-10-8-6-2)41-56(3)35-31-32-36-57(4)49(61)42-59(44-51(64)65)39-37-58(43-50(62)63)38-40-60(45-52(66)67)46-53(68)69/h15-18,48H,5-14,19-47H2,1-4H3,(H,62,63)(H,64,65)(H,66,67)(H,68,69)/b17-15+,18-16+. The van der Waals surface area contributed by atoms with Crippen LogP contribution in [0.5, 0.6) is 0 Å². The Kier molecular flexibility index (Phi) is 44.5. The van der Waals surface area contributed by atoms with Gasteiger partial charge in [-0.25, -0.2) is 0 Å². The van der Waals surface area contributed by atoms with E-state index in [2.05, 4.69) is 38.2 Å². The average molecular weight is 1040 g/mol. The molecule has 0 rings (SSSR count). The van der Waals surface area contributed by atoms with Crippen LogP contribution in [0.2, 0.25) is 0 Å². The molecular formula is C55H99N5O13. The number of amides is 1. The number of ether oxygens (including phenoxy) is 2. The fourth-order valence-electron chi connectivity index (χ4n) is 8.24. The van der Waals surface area contributed by atoms with Crippen molar-refractivity contribution < 1.29 is 63.5 Å². The van der Waals surface area contributed by atoms with Gasteiger partial charge in [0.1, 0.15) is 12.7 Å². The molecule has 0 aliphatic carbocycles. The van der Waals surface area contributed by atoms with E-state index in [0.29, 0.717) is 45.3 Å². The van der Waals surface area contributed by atoms with Gasteiger partial charge in [0.05, 0.1) is 32.7 Å². The van der Waals surface area contributed by atoms with Crippen molar-refractivity contribution >= 4 is 41.7 Å². The van der Waals surface area contributed by atoms with Gasteiger partial charge in [-0.3, -0.25) is 48.3 Å². The zero-order valence-electron chi connectivity index (χ0n) is 45.7. The molecule has 0 aromatic rings. The van der Waals surface area contributed by atoms with Crippen molar-refractivity contribution in [3.05, 3.63) is 24.3 Å². The Morgan fingerprint density at radius 1 is 0.425 bits per heavy atom. The summed E-state index contributed by atoms with van der Waals surface area (Å²) in [7, 11) is 3.52. The van der Waals surface area contributed by atoms with E-state index in [0.717, 1.165) is 94.8 Å². The van der Waals surface area contributed by atoms with Crippen LogP contribution in [0, 0.1) is 0 Å². The summed E-state index contributed by atoms with van der Waals surface area (Å²) >= 11 is 0. The summed E-state index contributed by atoms with van der Waals surface area (Å²) in [6.07, 6.45) is 35.2. The fraction of sp³-hybridized carbons (Fsp3) is 0.800. The number of nitrogens with zero attached hydrogens (tertiary/aromatic N) is 5. The van der Waals surface area contributed by atoms with Crippen LogP contribution in [0.15, 0.2) is 24.3 Å². The minimum Gasteiger partial charge on any atom is -0.480 e. The van der Waals surface area contributed by atoms with Crippen molar-refractivity contribution in [1.29, 1.82) is 0 Å². The quantitative estimate of drug-likeness (QED) is 0.0254. The normalized spacial score (nSPS) is 12.2. The van der Waals surface area contributed by atoms with E-state index < -0.39 is 56.2 Å². The number of likely N-dealkylation sites (N-methyl/N-ethyl adjacent to an activating group) is 2. The molecule has 18 heteroatoms. The zero-order valence-corrected chi connectivity index (χ0v) is 45.7. The van der Waals surface area contributed by atoms with Gasteiger partial charge in [-0.05, 0) is 90.6 Å². The molecule has 0 radical (unpaired) electrons. The van der Waals surface area contributed by atoms with Crippen molar-refractivity contribution in [3.8, 4) is 0 Å². The molecule has 0 heterocycles. The van der Waals surface area contributed by atoms with Crippen LogP contribution in [0.1, 0.15) is 181 Å². The van der Waals surface area contributed by atoms with Crippen molar-refractivity contribution in [1.82, 2.24) is 24.5 Å². The largest absolute Gasteiger partial charge is 0.480 e.